The fourth-order valence-electron chi connectivity index (χ4n) is 2.80. The molecule has 3 aromatic rings. The van der Waals surface area contributed by atoms with Gasteiger partial charge in [0.05, 0.1) is 13.2 Å². The van der Waals surface area contributed by atoms with E-state index in [9.17, 15) is 4.79 Å². The van der Waals surface area contributed by atoms with Crippen molar-refractivity contribution in [2.45, 2.75) is 13.3 Å². The molecular formula is C24H24N2O3S. The second-order valence-corrected chi connectivity index (χ2v) is 6.89. The summed E-state index contributed by atoms with van der Waals surface area (Å²) in [4.78, 5) is 12.4. The molecule has 0 aliphatic carbocycles. The van der Waals surface area contributed by atoms with Crippen LogP contribution in [0.4, 0.5) is 5.69 Å². The summed E-state index contributed by atoms with van der Waals surface area (Å²) in [6, 6.07) is 24.5. The Morgan fingerprint density at radius 3 is 2.40 bits per heavy atom. The van der Waals surface area contributed by atoms with Crippen LogP contribution in [0.5, 0.6) is 11.5 Å². The fourth-order valence-corrected chi connectivity index (χ4v) is 3.01. The first kappa shape index (κ1) is 21.3. The van der Waals surface area contributed by atoms with Crippen LogP contribution in [-0.4, -0.2) is 24.2 Å². The van der Waals surface area contributed by atoms with E-state index in [0.29, 0.717) is 18.8 Å². The quantitative estimate of drug-likeness (QED) is 0.511. The zero-order chi connectivity index (χ0) is 21.2. The van der Waals surface area contributed by atoms with Gasteiger partial charge in [0.1, 0.15) is 11.5 Å². The van der Waals surface area contributed by atoms with Crippen LogP contribution in [0, 0.1) is 0 Å². The summed E-state index contributed by atoms with van der Waals surface area (Å²) in [6.45, 7) is 3.07. The highest BCUT2D eigenvalue weighted by Crippen LogP contribution is 2.17. The van der Waals surface area contributed by atoms with Crippen molar-refractivity contribution in [2.75, 3.05) is 18.5 Å². The Morgan fingerprint density at radius 2 is 1.67 bits per heavy atom. The molecule has 0 atom stereocenters. The maximum atomic E-state index is 12.4. The highest BCUT2D eigenvalue weighted by Gasteiger charge is 2.09. The van der Waals surface area contributed by atoms with Gasteiger partial charge in [-0.05, 0) is 61.1 Å². The molecule has 3 rings (SSSR count). The second-order valence-electron chi connectivity index (χ2n) is 6.48. The van der Waals surface area contributed by atoms with Crippen LogP contribution in [-0.2, 0) is 6.42 Å². The zero-order valence-electron chi connectivity index (χ0n) is 16.8. The van der Waals surface area contributed by atoms with Crippen LogP contribution in [0.15, 0.2) is 78.9 Å². The number of carbonyl (C=O) groups is 1. The predicted octanol–water partition coefficient (Wildman–Crippen LogP) is 4.83. The molecule has 0 unspecified atom stereocenters. The molecule has 0 spiro atoms. The highest BCUT2D eigenvalue weighted by atomic mass is 32.1. The van der Waals surface area contributed by atoms with Crippen molar-refractivity contribution in [3.05, 3.63) is 90.0 Å². The summed E-state index contributed by atoms with van der Waals surface area (Å²) >= 11 is 5.24. The van der Waals surface area contributed by atoms with Crippen molar-refractivity contribution in [3.63, 3.8) is 0 Å². The van der Waals surface area contributed by atoms with Crippen molar-refractivity contribution in [1.29, 1.82) is 0 Å². The molecule has 2 N–H and O–H groups in total. The van der Waals surface area contributed by atoms with Crippen LogP contribution in [0.25, 0.3) is 0 Å². The molecule has 1 amide bonds. The first-order chi connectivity index (χ1) is 14.6. The van der Waals surface area contributed by atoms with Crippen LogP contribution in [0.2, 0.25) is 0 Å². The lowest BCUT2D eigenvalue weighted by Crippen LogP contribution is -2.34. The topological polar surface area (TPSA) is 59.6 Å². The third-order valence-corrected chi connectivity index (χ3v) is 4.45. The summed E-state index contributed by atoms with van der Waals surface area (Å²) in [6.07, 6.45) is 0.827. The monoisotopic (exact) mass is 420 g/mol. The zero-order valence-corrected chi connectivity index (χ0v) is 17.6. The van der Waals surface area contributed by atoms with Gasteiger partial charge in [0.15, 0.2) is 5.11 Å². The maximum absolute atomic E-state index is 12.4. The number of thiocarbonyl (C=S) groups is 1. The summed E-state index contributed by atoms with van der Waals surface area (Å²) in [5.41, 5.74) is 2.47. The Labute approximate surface area is 182 Å². The molecule has 0 saturated heterocycles. The molecule has 154 valence electrons. The molecule has 30 heavy (non-hydrogen) atoms. The standard InChI is InChI=1S/C24H24N2O3S/c1-2-28-22-10-6-9-20(17-22)25-24(30)26-23(27)19-11-13-21(14-12-19)29-16-15-18-7-4-3-5-8-18/h3-14,17H,2,15-16H2,1H3,(H2,25,26,27,30). The number of rotatable bonds is 8. The molecule has 0 bridgehead atoms. The Kier molecular flexibility index (Phi) is 7.80. The Balaban J connectivity index is 1.48. The van der Waals surface area contributed by atoms with Gasteiger partial charge in [-0.1, -0.05) is 36.4 Å². The minimum absolute atomic E-state index is 0.219. The molecule has 0 heterocycles. The largest absolute Gasteiger partial charge is 0.494 e. The number of anilines is 1. The molecule has 0 aromatic heterocycles. The molecule has 0 saturated carbocycles. The number of hydrogen-bond acceptors (Lipinski definition) is 4. The van der Waals surface area contributed by atoms with E-state index in [2.05, 4.69) is 22.8 Å². The van der Waals surface area contributed by atoms with Crippen molar-refractivity contribution < 1.29 is 14.3 Å². The summed E-state index contributed by atoms with van der Waals surface area (Å²) in [5, 5.41) is 5.89. The number of nitrogens with one attached hydrogen (secondary N) is 2. The molecule has 0 radical (unpaired) electrons. The number of benzene rings is 3. The van der Waals surface area contributed by atoms with Gasteiger partial charge in [-0.3, -0.25) is 10.1 Å². The number of amides is 1. The lowest BCUT2D eigenvalue weighted by atomic mass is 10.2. The first-order valence-corrected chi connectivity index (χ1v) is 10.2. The molecule has 3 aromatic carbocycles. The van der Waals surface area contributed by atoms with Crippen molar-refractivity contribution in [2.24, 2.45) is 0 Å². The molecular weight excluding hydrogens is 396 g/mol. The molecule has 0 fully saturated rings. The van der Waals surface area contributed by atoms with E-state index in [1.165, 1.54) is 5.56 Å². The van der Waals surface area contributed by atoms with Crippen molar-refractivity contribution in [3.8, 4) is 11.5 Å². The van der Waals surface area contributed by atoms with E-state index >= 15 is 0 Å². The van der Waals surface area contributed by atoms with Gasteiger partial charge in [-0.2, -0.15) is 0 Å². The van der Waals surface area contributed by atoms with E-state index in [4.69, 9.17) is 21.7 Å². The van der Waals surface area contributed by atoms with Gasteiger partial charge in [-0.15, -0.1) is 0 Å². The Morgan fingerprint density at radius 1 is 0.900 bits per heavy atom. The summed E-state index contributed by atoms with van der Waals surface area (Å²) < 4.78 is 11.2. The number of hydrogen-bond donors (Lipinski definition) is 2. The van der Waals surface area contributed by atoms with Gasteiger partial charge < -0.3 is 14.8 Å². The van der Waals surface area contributed by atoms with Crippen molar-refractivity contribution >= 4 is 28.9 Å². The first-order valence-electron chi connectivity index (χ1n) is 9.76. The lowest BCUT2D eigenvalue weighted by Gasteiger charge is -2.11. The fraction of sp³-hybridized carbons (Fsp3) is 0.167. The average Bonchev–Trinajstić information content (AvgIpc) is 2.75. The third-order valence-electron chi connectivity index (χ3n) is 4.25. The van der Waals surface area contributed by atoms with E-state index in [0.717, 1.165) is 23.6 Å². The second kappa shape index (κ2) is 11.0. The van der Waals surface area contributed by atoms with Gasteiger partial charge in [0, 0.05) is 23.7 Å². The third kappa shape index (κ3) is 6.60. The van der Waals surface area contributed by atoms with E-state index in [1.807, 2.05) is 49.4 Å². The lowest BCUT2D eigenvalue weighted by molar-refractivity contribution is 0.0977. The maximum Gasteiger partial charge on any atom is 0.257 e. The smallest absolute Gasteiger partial charge is 0.257 e. The molecule has 0 aliphatic heterocycles. The Bertz CT molecular complexity index is 975. The van der Waals surface area contributed by atoms with Gasteiger partial charge in [0.2, 0.25) is 0 Å². The summed E-state index contributed by atoms with van der Waals surface area (Å²) in [7, 11) is 0. The Hall–Kier alpha value is -3.38. The number of carbonyl (C=O) groups excluding carboxylic acids is 1. The average molecular weight is 421 g/mol. The molecule has 0 aliphatic rings. The summed E-state index contributed by atoms with van der Waals surface area (Å²) in [5.74, 6) is 1.17. The van der Waals surface area contributed by atoms with Gasteiger partial charge in [-0.25, -0.2) is 0 Å². The predicted molar refractivity (Wildman–Crippen MR) is 123 cm³/mol. The highest BCUT2D eigenvalue weighted by molar-refractivity contribution is 7.80. The SMILES string of the molecule is CCOc1cccc(NC(=S)NC(=O)c2ccc(OCCc3ccccc3)cc2)c1. The van der Waals surface area contributed by atoms with Gasteiger partial charge >= 0.3 is 0 Å². The minimum atomic E-state index is -0.288. The van der Waals surface area contributed by atoms with Crippen LogP contribution < -0.4 is 20.1 Å². The molecule has 6 heteroatoms. The van der Waals surface area contributed by atoms with E-state index < -0.39 is 0 Å². The normalized spacial score (nSPS) is 10.2. The van der Waals surface area contributed by atoms with Crippen LogP contribution >= 0.6 is 12.2 Å². The number of ether oxygens (including phenoxy) is 2. The van der Waals surface area contributed by atoms with E-state index in [-0.39, 0.29) is 11.0 Å². The van der Waals surface area contributed by atoms with Crippen LogP contribution in [0.3, 0.4) is 0 Å². The van der Waals surface area contributed by atoms with Crippen LogP contribution in [0.1, 0.15) is 22.8 Å². The minimum Gasteiger partial charge on any atom is -0.494 e. The van der Waals surface area contributed by atoms with Crippen molar-refractivity contribution in [1.82, 2.24) is 5.32 Å². The van der Waals surface area contributed by atoms with E-state index in [1.54, 1.807) is 24.3 Å². The molecule has 5 nitrogen and oxygen atoms in total. The van der Waals surface area contributed by atoms with Gasteiger partial charge in [0.25, 0.3) is 5.91 Å².